The van der Waals surface area contributed by atoms with Gasteiger partial charge in [0.2, 0.25) is 0 Å². The maximum Gasteiger partial charge on any atom is 0.0158 e. The fraction of sp³-hybridized carbons (Fsp3) is 0.667. The molecule has 0 radical (unpaired) electrons. The van der Waals surface area contributed by atoms with E-state index in [1.807, 2.05) is 14.0 Å². The number of hydrogen-bond donors (Lipinski definition) is 1. The van der Waals surface area contributed by atoms with Crippen LogP contribution >= 0.6 is 0 Å². The second-order valence-electron chi connectivity index (χ2n) is 1.67. The van der Waals surface area contributed by atoms with Gasteiger partial charge in [-0.1, -0.05) is 11.6 Å². The van der Waals surface area contributed by atoms with Crippen molar-refractivity contribution in [2.75, 3.05) is 13.6 Å². The lowest BCUT2D eigenvalue weighted by atomic mass is 10.3. The molecule has 0 aromatic carbocycles. The van der Waals surface area contributed by atoms with Crippen molar-refractivity contribution < 1.29 is 1.43 Å². The van der Waals surface area contributed by atoms with E-state index in [9.17, 15) is 0 Å². The predicted molar refractivity (Wildman–Crippen MR) is 35.5 cm³/mol. The monoisotopic (exact) mass is 101 g/mol. The van der Waals surface area contributed by atoms with Crippen LogP contribution in [0.15, 0.2) is 11.6 Å². The Morgan fingerprint density at radius 3 is 2.57 bits per heavy atom. The van der Waals surface area contributed by atoms with E-state index in [0.29, 0.717) is 0 Å². The summed E-state index contributed by atoms with van der Waals surface area (Å²) in [6.07, 6.45) is 2.11. The Morgan fingerprint density at radius 2 is 2.43 bits per heavy atom. The van der Waals surface area contributed by atoms with Crippen LogP contribution in [0.4, 0.5) is 0 Å². The van der Waals surface area contributed by atoms with Crippen LogP contribution in [-0.2, 0) is 0 Å². The van der Waals surface area contributed by atoms with Crippen LogP contribution in [0.25, 0.3) is 0 Å². The van der Waals surface area contributed by atoms with Gasteiger partial charge >= 0.3 is 0 Å². The van der Waals surface area contributed by atoms with E-state index in [2.05, 4.69) is 18.3 Å². The van der Waals surface area contributed by atoms with Crippen LogP contribution in [0.1, 0.15) is 15.3 Å². The van der Waals surface area contributed by atoms with Gasteiger partial charge in [0.15, 0.2) is 0 Å². The largest absolute Gasteiger partial charge is 0.316 e. The standard InChI is InChI=1S/C6H13N.H2/c1-4-6(2)5-7-3;/h4,7H,5H2,1-3H3;1H/b6-4+;. The Bertz CT molecular complexity index is 68.9. The van der Waals surface area contributed by atoms with Crippen LogP contribution in [0.2, 0.25) is 0 Å². The van der Waals surface area contributed by atoms with E-state index in [-0.39, 0.29) is 1.43 Å². The topological polar surface area (TPSA) is 12.0 Å². The van der Waals surface area contributed by atoms with Crippen molar-refractivity contribution in [1.29, 1.82) is 0 Å². The van der Waals surface area contributed by atoms with Crippen LogP contribution in [0, 0.1) is 0 Å². The summed E-state index contributed by atoms with van der Waals surface area (Å²) in [7, 11) is 1.95. The van der Waals surface area contributed by atoms with Gasteiger partial charge in [-0.3, -0.25) is 0 Å². The van der Waals surface area contributed by atoms with E-state index in [4.69, 9.17) is 0 Å². The summed E-state index contributed by atoms with van der Waals surface area (Å²) in [5, 5.41) is 3.05. The first-order chi connectivity index (χ1) is 3.31. The molecule has 0 aliphatic rings. The highest BCUT2D eigenvalue weighted by molar-refractivity contribution is 4.96. The molecule has 0 unspecified atom stereocenters. The third kappa shape index (κ3) is 3.53. The first-order valence-corrected chi connectivity index (χ1v) is 2.57. The van der Waals surface area contributed by atoms with E-state index in [0.717, 1.165) is 6.54 Å². The fourth-order valence-corrected chi connectivity index (χ4v) is 0.381. The summed E-state index contributed by atoms with van der Waals surface area (Å²) in [5.41, 5.74) is 1.39. The molecule has 0 saturated carbocycles. The first kappa shape index (κ1) is 6.70. The lowest BCUT2D eigenvalue weighted by Gasteiger charge is -1.93. The molecule has 7 heavy (non-hydrogen) atoms. The molecule has 0 fully saturated rings. The quantitative estimate of drug-likeness (QED) is 0.519. The molecule has 0 heterocycles. The molecule has 0 rings (SSSR count). The molecule has 0 amide bonds. The van der Waals surface area contributed by atoms with Crippen molar-refractivity contribution in [3.63, 3.8) is 0 Å². The Balaban J connectivity index is 0. The number of hydrogen-bond acceptors (Lipinski definition) is 1. The highest BCUT2D eigenvalue weighted by atomic mass is 14.8. The molecular formula is C6H15N. The SMILES string of the molecule is C/C=C(\C)CNC.[HH]. The van der Waals surface area contributed by atoms with Crippen LogP contribution in [0.3, 0.4) is 0 Å². The van der Waals surface area contributed by atoms with E-state index in [1.54, 1.807) is 0 Å². The molecule has 0 aliphatic heterocycles. The van der Waals surface area contributed by atoms with E-state index in [1.165, 1.54) is 5.57 Å². The first-order valence-electron chi connectivity index (χ1n) is 2.57. The van der Waals surface area contributed by atoms with Crippen molar-refractivity contribution in [2.24, 2.45) is 0 Å². The number of likely N-dealkylation sites (N-methyl/N-ethyl adjacent to an activating group) is 1. The van der Waals surface area contributed by atoms with E-state index < -0.39 is 0 Å². The number of nitrogens with one attached hydrogen (secondary N) is 1. The smallest absolute Gasteiger partial charge is 0.0158 e. The highest BCUT2D eigenvalue weighted by Gasteiger charge is 1.78. The zero-order chi connectivity index (χ0) is 5.70. The average Bonchev–Trinajstić information content (AvgIpc) is 1.68. The van der Waals surface area contributed by atoms with Gasteiger partial charge in [0.1, 0.15) is 0 Å². The van der Waals surface area contributed by atoms with Crippen molar-refractivity contribution >= 4 is 0 Å². The summed E-state index contributed by atoms with van der Waals surface area (Å²) < 4.78 is 0. The molecule has 0 saturated heterocycles. The zero-order valence-electron chi connectivity index (χ0n) is 5.28. The third-order valence-corrected chi connectivity index (χ3v) is 0.948. The molecule has 1 heteroatoms. The summed E-state index contributed by atoms with van der Waals surface area (Å²) in [6.45, 7) is 5.17. The van der Waals surface area contributed by atoms with Crippen molar-refractivity contribution in [3.05, 3.63) is 11.6 Å². The van der Waals surface area contributed by atoms with Gasteiger partial charge < -0.3 is 5.32 Å². The molecule has 0 aromatic rings. The molecule has 1 nitrogen and oxygen atoms in total. The maximum absolute atomic E-state index is 3.05. The summed E-state index contributed by atoms with van der Waals surface area (Å²) in [6, 6.07) is 0. The van der Waals surface area contributed by atoms with Crippen molar-refractivity contribution in [1.82, 2.24) is 5.32 Å². The molecule has 44 valence electrons. The Kier molecular flexibility index (Phi) is 3.71. The molecule has 0 atom stereocenters. The van der Waals surface area contributed by atoms with Gasteiger partial charge in [0, 0.05) is 7.97 Å². The molecule has 1 N–H and O–H groups in total. The van der Waals surface area contributed by atoms with Gasteiger partial charge in [0.05, 0.1) is 0 Å². The van der Waals surface area contributed by atoms with Crippen LogP contribution in [-0.4, -0.2) is 13.6 Å². The normalized spacial score (nSPS) is 12.1. The zero-order valence-corrected chi connectivity index (χ0v) is 5.28. The second-order valence-corrected chi connectivity index (χ2v) is 1.67. The van der Waals surface area contributed by atoms with Crippen molar-refractivity contribution in [3.8, 4) is 0 Å². The molecule has 0 bridgehead atoms. The fourth-order valence-electron chi connectivity index (χ4n) is 0.381. The average molecular weight is 101 g/mol. The van der Waals surface area contributed by atoms with Gasteiger partial charge in [-0.25, -0.2) is 0 Å². The minimum absolute atomic E-state index is 0. The molecule has 0 aliphatic carbocycles. The summed E-state index contributed by atoms with van der Waals surface area (Å²) >= 11 is 0. The second kappa shape index (κ2) is 3.88. The van der Waals surface area contributed by atoms with Crippen molar-refractivity contribution in [2.45, 2.75) is 13.8 Å². The minimum atomic E-state index is 0. The highest BCUT2D eigenvalue weighted by Crippen LogP contribution is 1.84. The Morgan fingerprint density at radius 1 is 1.86 bits per heavy atom. The maximum atomic E-state index is 3.05. The van der Waals surface area contributed by atoms with Gasteiger partial charge in [0.25, 0.3) is 0 Å². The Hall–Kier alpha value is -0.300. The van der Waals surface area contributed by atoms with Crippen LogP contribution < -0.4 is 5.32 Å². The lowest BCUT2D eigenvalue weighted by Crippen LogP contribution is -2.07. The third-order valence-electron chi connectivity index (χ3n) is 0.948. The molecule has 0 spiro atoms. The van der Waals surface area contributed by atoms with E-state index >= 15 is 0 Å². The van der Waals surface area contributed by atoms with Gasteiger partial charge in [-0.2, -0.15) is 0 Å². The summed E-state index contributed by atoms with van der Waals surface area (Å²) in [5.74, 6) is 0. The number of allylic oxidation sites excluding steroid dienone is 1. The van der Waals surface area contributed by atoms with Gasteiger partial charge in [-0.15, -0.1) is 0 Å². The van der Waals surface area contributed by atoms with Gasteiger partial charge in [-0.05, 0) is 20.9 Å². The molecule has 0 aromatic heterocycles. The minimum Gasteiger partial charge on any atom is -0.316 e. The Labute approximate surface area is 46.9 Å². The lowest BCUT2D eigenvalue weighted by molar-refractivity contribution is 0.878. The number of rotatable bonds is 2. The molecular weight excluding hydrogens is 86.1 g/mol. The summed E-state index contributed by atoms with van der Waals surface area (Å²) in [4.78, 5) is 0. The predicted octanol–water partition coefficient (Wildman–Crippen LogP) is 1.42. The van der Waals surface area contributed by atoms with Crippen LogP contribution in [0.5, 0.6) is 0 Å².